The fourth-order valence-corrected chi connectivity index (χ4v) is 2.45. The maximum atomic E-state index is 12.5. The lowest BCUT2D eigenvalue weighted by Gasteiger charge is -2.15. The number of carbonyl (C=O) groups is 1. The zero-order chi connectivity index (χ0) is 20.4. The van der Waals surface area contributed by atoms with Crippen LogP contribution < -0.4 is 20.7 Å². The number of halogens is 3. The van der Waals surface area contributed by atoms with E-state index in [1.165, 1.54) is 24.4 Å². The first-order chi connectivity index (χ1) is 13.5. The average molecular weight is 412 g/mol. The molecule has 1 heterocycles. The van der Waals surface area contributed by atoms with Gasteiger partial charge in [-0.1, -0.05) is 11.6 Å². The zero-order valence-corrected chi connectivity index (χ0v) is 15.8. The highest BCUT2D eigenvalue weighted by Crippen LogP contribution is 2.24. The summed E-state index contributed by atoms with van der Waals surface area (Å²) in [6.45, 7) is -2.00. The summed E-state index contributed by atoms with van der Waals surface area (Å²) in [6, 6.07) is 7.74. The van der Waals surface area contributed by atoms with Gasteiger partial charge in [-0.2, -0.15) is 8.78 Å². The van der Waals surface area contributed by atoms with Crippen molar-refractivity contribution >= 4 is 23.5 Å². The largest absolute Gasteiger partial charge is 0.434 e. The van der Waals surface area contributed by atoms with E-state index in [0.717, 1.165) is 0 Å². The highest BCUT2D eigenvalue weighted by atomic mass is 35.5. The molecule has 0 saturated heterocycles. The lowest BCUT2D eigenvalue weighted by atomic mass is 10.2. The maximum absolute atomic E-state index is 12.5. The van der Waals surface area contributed by atoms with Gasteiger partial charge in [0.2, 0.25) is 0 Å². The molecule has 7 nitrogen and oxygen atoms in total. The predicted octanol–water partition coefficient (Wildman–Crippen LogP) is 2.43. The molecule has 2 rings (SSSR count). The Morgan fingerprint density at radius 3 is 2.71 bits per heavy atom. The molecular formula is C18H20ClF2N5O2. The van der Waals surface area contributed by atoms with E-state index in [0.29, 0.717) is 35.2 Å². The number of aromatic nitrogens is 1. The first-order valence-corrected chi connectivity index (χ1v) is 8.73. The third-order valence-corrected chi connectivity index (χ3v) is 3.77. The Morgan fingerprint density at radius 2 is 2.04 bits per heavy atom. The van der Waals surface area contributed by atoms with Crippen LogP contribution in [0.25, 0.3) is 0 Å². The summed E-state index contributed by atoms with van der Waals surface area (Å²) in [5.41, 5.74) is 0.929. The number of ether oxygens (including phenoxy) is 1. The SMILES string of the molecule is CN=C(NCCNC(=O)c1cccnc1)NCc1cc(Cl)ccc1OC(F)F. The molecule has 0 saturated carbocycles. The molecular weight excluding hydrogens is 392 g/mol. The van der Waals surface area contributed by atoms with Crippen LogP contribution in [0, 0.1) is 0 Å². The van der Waals surface area contributed by atoms with Gasteiger partial charge in [-0.15, -0.1) is 0 Å². The van der Waals surface area contributed by atoms with Crippen LogP contribution in [0.4, 0.5) is 8.78 Å². The van der Waals surface area contributed by atoms with E-state index < -0.39 is 6.61 Å². The molecule has 0 aliphatic rings. The molecule has 28 heavy (non-hydrogen) atoms. The molecule has 0 aliphatic carbocycles. The number of rotatable bonds is 8. The molecule has 2 aromatic rings. The van der Waals surface area contributed by atoms with Crippen LogP contribution >= 0.6 is 11.6 Å². The summed E-state index contributed by atoms with van der Waals surface area (Å²) in [4.78, 5) is 19.8. The summed E-state index contributed by atoms with van der Waals surface area (Å²) in [6.07, 6.45) is 3.07. The second-order valence-corrected chi connectivity index (χ2v) is 5.92. The number of pyridine rings is 1. The van der Waals surface area contributed by atoms with E-state index in [1.807, 2.05) is 0 Å². The smallest absolute Gasteiger partial charge is 0.387 e. The van der Waals surface area contributed by atoms with Gasteiger partial charge >= 0.3 is 6.61 Å². The fraction of sp³-hybridized carbons (Fsp3) is 0.278. The molecule has 0 atom stereocenters. The molecule has 1 aromatic carbocycles. The number of nitrogens with one attached hydrogen (secondary N) is 3. The summed E-state index contributed by atoms with van der Waals surface area (Å²) in [5.74, 6) is 0.232. The van der Waals surface area contributed by atoms with Gasteiger partial charge in [0.05, 0.1) is 5.56 Å². The maximum Gasteiger partial charge on any atom is 0.387 e. The molecule has 150 valence electrons. The van der Waals surface area contributed by atoms with Crippen molar-refractivity contribution in [2.45, 2.75) is 13.2 Å². The third-order valence-electron chi connectivity index (χ3n) is 3.54. The van der Waals surface area contributed by atoms with Crippen molar-refractivity contribution < 1.29 is 18.3 Å². The standard InChI is InChI=1S/C18H20ClF2N5O2/c1-22-18(25-8-7-24-16(27)12-3-2-6-23-10-12)26-11-13-9-14(19)4-5-15(13)28-17(20)21/h2-6,9-10,17H,7-8,11H2,1H3,(H,24,27)(H2,22,25,26). The van der Waals surface area contributed by atoms with Crippen molar-refractivity contribution in [3.8, 4) is 5.75 Å². The Labute approximate surface area is 166 Å². The Hall–Kier alpha value is -2.94. The number of alkyl halides is 2. The van der Waals surface area contributed by atoms with Crippen LogP contribution in [0.1, 0.15) is 15.9 Å². The molecule has 0 bridgehead atoms. The molecule has 3 N–H and O–H groups in total. The second kappa shape index (κ2) is 11.0. The molecule has 10 heteroatoms. The molecule has 0 unspecified atom stereocenters. The summed E-state index contributed by atoms with van der Waals surface area (Å²) in [5, 5.41) is 9.13. The quantitative estimate of drug-likeness (QED) is 0.353. The number of nitrogens with zero attached hydrogens (tertiary/aromatic N) is 2. The molecule has 0 radical (unpaired) electrons. The van der Waals surface area contributed by atoms with Crippen molar-refractivity contribution in [3.05, 3.63) is 58.9 Å². The van der Waals surface area contributed by atoms with E-state index in [4.69, 9.17) is 11.6 Å². The highest BCUT2D eigenvalue weighted by Gasteiger charge is 2.11. The first-order valence-electron chi connectivity index (χ1n) is 8.35. The monoisotopic (exact) mass is 411 g/mol. The van der Waals surface area contributed by atoms with Crippen molar-refractivity contribution in [2.75, 3.05) is 20.1 Å². The van der Waals surface area contributed by atoms with Gasteiger partial charge in [0, 0.05) is 49.7 Å². The lowest BCUT2D eigenvalue weighted by molar-refractivity contribution is -0.0504. The minimum Gasteiger partial charge on any atom is -0.434 e. The number of hydrogen-bond acceptors (Lipinski definition) is 4. The van der Waals surface area contributed by atoms with E-state index in [-0.39, 0.29) is 18.2 Å². The summed E-state index contributed by atoms with van der Waals surface area (Å²) in [7, 11) is 1.57. The number of benzene rings is 1. The zero-order valence-electron chi connectivity index (χ0n) is 15.1. The van der Waals surface area contributed by atoms with Crippen molar-refractivity contribution in [2.24, 2.45) is 4.99 Å². The van der Waals surface area contributed by atoms with Gasteiger partial charge < -0.3 is 20.7 Å². The summed E-state index contributed by atoms with van der Waals surface area (Å²) >= 11 is 5.92. The van der Waals surface area contributed by atoms with Crippen molar-refractivity contribution in [1.82, 2.24) is 20.9 Å². The normalized spacial score (nSPS) is 11.2. The van der Waals surface area contributed by atoms with Crippen LogP contribution in [-0.4, -0.2) is 43.6 Å². The average Bonchev–Trinajstić information content (AvgIpc) is 2.69. The third kappa shape index (κ3) is 6.99. The van der Waals surface area contributed by atoms with Crippen LogP contribution in [0.3, 0.4) is 0 Å². The Kier molecular flexibility index (Phi) is 8.41. The van der Waals surface area contributed by atoms with Crippen LogP contribution in [0.15, 0.2) is 47.7 Å². The number of carbonyl (C=O) groups excluding carboxylic acids is 1. The number of hydrogen-bond donors (Lipinski definition) is 3. The Balaban J connectivity index is 1.80. The van der Waals surface area contributed by atoms with E-state index >= 15 is 0 Å². The van der Waals surface area contributed by atoms with Crippen LogP contribution in [0.5, 0.6) is 5.75 Å². The van der Waals surface area contributed by atoms with Crippen LogP contribution in [-0.2, 0) is 6.54 Å². The Bertz CT molecular complexity index is 806. The van der Waals surface area contributed by atoms with Gasteiger partial charge in [0.25, 0.3) is 5.91 Å². The van der Waals surface area contributed by atoms with Crippen molar-refractivity contribution in [3.63, 3.8) is 0 Å². The Morgan fingerprint density at radius 1 is 1.25 bits per heavy atom. The van der Waals surface area contributed by atoms with Gasteiger partial charge in [-0.3, -0.25) is 14.8 Å². The minimum absolute atomic E-state index is 0.0334. The molecule has 1 amide bonds. The number of amides is 1. The predicted molar refractivity (Wildman–Crippen MR) is 103 cm³/mol. The lowest BCUT2D eigenvalue weighted by Crippen LogP contribution is -2.41. The number of aliphatic imine (C=N–C) groups is 1. The topological polar surface area (TPSA) is 87.6 Å². The van der Waals surface area contributed by atoms with Crippen molar-refractivity contribution in [1.29, 1.82) is 0 Å². The van der Waals surface area contributed by atoms with E-state index in [1.54, 1.807) is 25.4 Å². The highest BCUT2D eigenvalue weighted by molar-refractivity contribution is 6.30. The molecule has 0 fully saturated rings. The van der Waals surface area contributed by atoms with E-state index in [9.17, 15) is 13.6 Å². The number of guanidine groups is 1. The molecule has 0 aliphatic heterocycles. The summed E-state index contributed by atoms with van der Waals surface area (Å²) < 4.78 is 29.5. The van der Waals surface area contributed by atoms with Gasteiger partial charge in [0.1, 0.15) is 5.75 Å². The van der Waals surface area contributed by atoms with Crippen LogP contribution in [0.2, 0.25) is 5.02 Å². The first kappa shape index (κ1) is 21.4. The fourth-order valence-electron chi connectivity index (χ4n) is 2.25. The van der Waals surface area contributed by atoms with E-state index in [2.05, 4.69) is 30.7 Å². The molecule has 0 spiro atoms. The van der Waals surface area contributed by atoms with Gasteiger partial charge in [0.15, 0.2) is 5.96 Å². The van der Waals surface area contributed by atoms with Gasteiger partial charge in [-0.05, 0) is 30.3 Å². The second-order valence-electron chi connectivity index (χ2n) is 5.48. The molecule has 1 aromatic heterocycles. The van der Waals surface area contributed by atoms with Gasteiger partial charge in [-0.25, -0.2) is 0 Å². The minimum atomic E-state index is -2.93.